The third kappa shape index (κ3) is 4.87. The second-order valence-corrected chi connectivity index (χ2v) is 9.62. The lowest BCUT2D eigenvalue weighted by atomic mass is 10.0. The van der Waals surface area contributed by atoms with Gasteiger partial charge in [0.2, 0.25) is 0 Å². The molecule has 0 atom stereocenters. The molecule has 174 valence electrons. The van der Waals surface area contributed by atoms with Gasteiger partial charge < -0.3 is 4.74 Å². The second-order valence-electron chi connectivity index (χ2n) is 8.15. The minimum atomic E-state index is -0.607. The van der Waals surface area contributed by atoms with Crippen LogP contribution in [-0.4, -0.2) is 28.5 Å². The number of ether oxygens (including phenoxy) is 1. The number of aromatic nitrogens is 2. The van der Waals surface area contributed by atoms with Crippen LogP contribution in [0.1, 0.15) is 21.5 Å². The van der Waals surface area contributed by atoms with E-state index in [1.807, 2.05) is 56.3 Å². The number of rotatable bonds is 5. The van der Waals surface area contributed by atoms with E-state index in [4.69, 9.17) is 16.3 Å². The number of nitrogens with zero attached hydrogens (tertiary/aromatic N) is 2. The predicted octanol–water partition coefficient (Wildman–Crippen LogP) is 6.58. The largest absolute Gasteiger partial charge is 0.452 e. The number of fused-ring (bicyclic) bond motifs is 2. The number of amides is 1. The summed E-state index contributed by atoms with van der Waals surface area (Å²) in [5, 5.41) is 4.45. The van der Waals surface area contributed by atoms with Gasteiger partial charge in [-0.3, -0.25) is 10.1 Å². The zero-order chi connectivity index (χ0) is 24.5. The minimum absolute atomic E-state index is 0.333. The highest BCUT2D eigenvalue weighted by Crippen LogP contribution is 2.29. The highest BCUT2D eigenvalue weighted by molar-refractivity contribution is 7.22. The Hall–Kier alpha value is -3.81. The Kier molecular flexibility index (Phi) is 6.19. The van der Waals surface area contributed by atoms with Gasteiger partial charge in [0.1, 0.15) is 0 Å². The molecule has 2 heterocycles. The zero-order valence-electron chi connectivity index (χ0n) is 19.0. The maximum absolute atomic E-state index is 13.0. The van der Waals surface area contributed by atoms with Gasteiger partial charge in [0.15, 0.2) is 11.7 Å². The van der Waals surface area contributed by atoms with Crippen molar-refractivity contribution < 1.29 is 14.3 Å². The van der Waals surface area contributed by atoms with Gasteiger partial charge in [-0.05, 0) is 55.3 Å². The van der Waals surface area contributed by atoms with Gasteiger partial charge in [0.25, 0.3) is 5.91 Å². The number of hydrogen-bond donors (Lipinski definition) is 1. The Bertz CT molecular complexity index is 1600. The number of esters is 1. The fraction of sp³-hybridized carbons (Fsp3) is 0.111. The van der Waals surface area contributed by atoms with Gasteiger partial charge in [-0.15, -0.1) is 0 Å². The Labute approximate surface area is 210 Å². The smallest absolute Gasteiger partial charge is 0.339 e. The second kappa shape index (κ2) is 9.44. The fourth-order valence-corrected chi connectivity index (χ4v) is 5.09. The van der Waals surface area contributed by atoms with Crippen molar-refractivity contribution in [2.45, 2.75) is 13.8 Å². The van der Waals surface area contributed by atoms with Crippen molar-refractivity contribution in [2.24, 2.45) is 0 Å². The lowest BCUT2D eigenvalue weighted by molar-refractivity contribution is -0.119. The number of pyridine rings is 1. The number of para-hydroxylation sites is 1. The van der Waals surface area contributed by atoms with Gasteiger partial charge >= 0.3 is 5.97 Å². The van der Waals surface area contributed by atoms with Gasteiger partial charge in [-0.1, -0.05) is 59.3 Å². The van der Waals surface area contributed by atoms with E-state index in [2.05, 4.69) is 15.3 Å². The summed E-state index contributed by atoms with van der Waals surface area (Å²) in [5.41, 5.74) is 5.43. The fourth-order valence-electron chi connectivity index (χ4n) is 3.90. The molecule has 35 heavy (non-hydrogen) atoms. The Morgan fingerprint density at radius 3 is 2.57 bits per heavy atom. The summed E-state index contributed by atoms with van der Waals surface area (Å²) in [6.07, 6.45) is 0. The van der Waals surface area contributed by atoms with E-state index < -0.39 is 18.5 Å². The number of benzene rings is 3. The molecule has 5 aromatic rings. The topological polar surface area (TPSA) is 81.2 Å². The van der Waals surface area contributed by atoms with Crippen molar-refractivity contribution in [3.63, 3.8) is 0 Å². The summed E-state index contributed by atoms with van der Waals surface area (Å²) in [5.74, 6) is -1.06. The van der Waals surface area contributed by atoms with Crippen LogP contribution in [0.3, 0.4) is 0 Å². The van der Waals surface area contributed by atoms with Gasteiger partial charge in [-0.2, -0.15) is 0 Å². The molecule has 1 amide bonds. The van der Waals surface area contributed by atoms with E-state index >= 15 is 0 Å². The van der Waals surface area contributed by atoms with Crippen LogP contribution in [0.15, 0.2) is 66.7 Å². The van der Waals surface area contributed by atoms with Crippen molar-refractivity contribution >= 4 is 61.1 Å². The lowest BCUT2D eigenvalue weighted by Crippen LogP contribution is -2.21. The summed E-state index contributed by atoms with van der Waals surface area (Å²) >= 11 is 7.39. The van der Waals surface area contributed by atoms with Crippen LogP contribution in [0.2, 0.25) is 5.02 Å². The predicted molar refractivity (Wildman–Crippen MR) is 140 cm³/mol. The van der Waals surface area contributed by atoms with Crippen LogP contribution < -0.4 is 5.32 Å². The number of hydrogen-bond acceptors (Lipinski definition) is 6. The maximum atomic E-state index is 13.0. The minimum Gasteiger partial charge on any atom is -0.452 e. The lowest BCUT2D eigenvalue weighted by Gasteiger charge is -2.10. The number of carbonyl (C=O) groups excluding carboxylic acids is 2. The highest BCUT2D eigenvalue weighted by Gasteiger charge is 2.17. The number of carbonyl (C=O) groups is 2. The monoisotopic (exact) mass is 501 g/mol. The maximum Gasteiger partial charge on any atom is 0.339 e. The molecule has 0 fully saturated rings. The number of nitrogens with one attached hydrogen (secondary N) is 1. The summed E-state index contributed by atoms with van der Waals surface area (Å²) in [7, 11) is 0. The molecule has 1 N–H and O–H groups in total. The molecule has 0 unspecified atom stereocenters. The molecule has 0 aliphatic heterocycles. The summed E-state index contributed by atoms with van der Waals surface area (Å²) < 4.78 is 6.37. The normalized spacial score (nSPS) is 11.1. The van der Waals surface area contributed by atoms with E-state index in [0.717, 1.165) is 26.9 Å². The molecular formula is C27H20ClN3O3S. The summed E-state index contributed by atoms with van der Waals surface area (Å²) in [6, 6.07) is 20.3. The van der Waals surface area contributed by atoms with E-state index in [-0.39, 0.29) is 0 Å². The Morgan fingerprint density at radius 2 is 1.77 bits per heavy atom. The van der Waals surface area contributed by atoms with E-state index in [1.54, 1.807) is 24.3 Å². The average molecular weight is 502 g/mol. The number of halogens is 1. The molecule has 5 rings (SSSR count). The third-order valence-corrected chi connectivity index (χ3v) is 6.66. The zero-order valence-corrected chi connectivity index (χ0v) is 20.5. The molecule has 6 nitrogen and oxygen atoms in total. The summed E-state index contributed by atoms with van der Waals surface area (Å²) in [6.45, 7) is 3.57. The number of thiazole rings is 1. The van der Waals surface area contributed by atoms with Crippen molar-refractivity contribution in [1.82, 2.24) is 9.97 Å². The van der Waals surface area contributed by atoms with Gasteiger partial charge in [-0.25, -0.2) is 14.8 Å². The van der Waals surface area contributed by atoms with E-state index in [0.29, 0.717) is 32.3 Å². The van der Waals surface area contributed by atoms with Crippen LogP contribution in [-0.2, 0) is 9.53 Å². The molecule has 0 saturated heterocycles. The molecule has 0 radical (unpaired) electrons. The first-order valence-corrected chi connectivity index (χ1v) is 12.1. The first kappa shape index (κ1) is 23.0. The third-order valence-electron chi connectivity index (χ3n) is 5.49. The van der Waals surface area contributed by atoms with Crippen LogP contribution >= 0.6 is 22.9 Å². The van der Waals surface area contributed by atoms with Gasteiger partial charge in [0.05, 0.1) is 27.0 Å². The Balaban J connectivity index is 1.35. The Morgan fingerprint density at radius 1 is 1.00 bits per heavy atom. The SMILES string of the molecule is Cc1cc(C)c2nc(NC(=O)COC(=O)c3cc(-c4ccc(Cl)cc4)nc4ccccc34)sc2c1. The molecule has 0 bridgehead atoms. The van der Waals surface area contributed by atoms with Crippen LogP contribution in [0.25, 0.3) is 32.4 Å². The standard InChI is InChI=1S/C27H20ClN3O3S/c1-15-11-16(2)25-23(12-15)35-27(31-25)30-24(32)14-34-26(33)20-13-22(17-7-9-18(28)10-8-17)29-21-6-4-3-5-19(20)21/h3-13H,14H2,1-2H3,(H,30,31,32). The first-order valence-electron chi connectivity index (χ1n) is 10.9. The average Bonchev–Trinajstić information content (AvgIpc) is 3.24. The molecular weight excluding hydrogens is 482 g/mol. The molecule has 0 aliphatic rings. The van der Waals surface area contributed by atoms with Crippen molar-refractivity contribution in [1.29, 1.82) is 0 Å². The van der Waals surface area contributed by atoms with Crippen LogP contribution in [0, 0.1) is 13.8 Å². The molecule has 8 heteroatoms. The van der Waals surface area contributed by atoms with Crippen LogP contribution in [0.4, 0.5) is 5.13 Å². The van der Waals surface area contributed by atoms with Gasteiger partial charge in [0, 0.05) is 16.0 Å². The van der Waals surface area contributed by atoms with Crippen LogP contribution in [0.5, 0.6) is 0 Å². The molecule has 0 aliphatic carbocycles. The van der Waals surface area contributed by atoms with Crippen molar-refractivity contribution in [3.05, 3.63) is 88.4 Å². The van der Waals surface area contributed by atoms with Crippen molar-refractivity contribution in [2.75, 3.05) is 11.9 Å². The number of anilines is 1. The molecule has 2 aromatic heterocycles. The number of aryl methyl sites for hydroxylation is 2. The quantitative estimate of drug-likeness (QED) is 0.275. The highest BCUT2D eigenvalue weighted by atomic mass is 35.5. The van der Waals surface area contributed by atoms with E-state index in [1.165, 1.54) is 11.3 Å². The molecule has 0 spiro atoms. The van der Waals surface area contributed by atoms with E-state index in [9.17, 15) is 9.59 Å². The van der Waals surface area contributed by atoms with Crippen molar-refractivity contribution in [3.8, 4) is 11.3 Å². The summed E-state index contributed by atoms with van der Waals surface area (Å²) in [4.78, 5) is 34.7. The molecule has 0 saturated carbocycles. The first-order chi connectivity index (χ1) is 16.9. The molecule has 3 aromatic carbocycles.